The summed E-state index contributed by atoms with van der Waals surface area (Å²) in [5, 5.41) is 3.43. The van der Waals surface area contributed by atoms with Crippen molar-refractivity contribution in [1.29, 1.82) is 0 Å². The normalized spacial score (nSPS) is 17.0. The molecule has 7 heteroatoms. The third-order valence-corrected chi connectivity index (χ3v) is 6.36. The third-order valence-electron chi connectivity index (χ3n) is 3.30. The molecular formula is C14H24N2O3S2. The molecule has 0 aromatic carbocycles. The molecule has 1 fully saturated rings. The van der Waals surface area contributed by atoms with Gasteiger partial charge in [-0.05, 0) is 45.2 Å². The Morgan fingerprint density at radius 2 is 2.19 bits per heavy atom. The summed E-state index contributed by atoms with van der Waals surface area (Å²) in [6, 6.07) is 4.28. The molecule has 1 aliphatic carbocycles. The van der Waals surface area contributed by atoms with Crippen molar-refractivity contribution in [3.05, 3.63) is 17.0 Å². The highest BCUT2D eigenvalue weighted by atomic mass is 32.2. The third kappa shape index (κ3) is 5.67. The largest absolute Gasteiger partial charge is 0.377 e. The lowest BCUT2D eigenvalue weighted by Gasteiger charge is -2.12. The van der Waals surface area contributed by atoms with E-state index in [2.05, 4.69) is 10.0 Å². The highest BCUT2D eigenvalue weighted by Crippen LogP contribution is 2.22. The van der Waals surface area contributed by atoms with E-state index in [0.717, 1.165) is 17.8 Å². The van der Waals surface area contributed by atoms with E-state index in [1.807, 2.05) is 19.9 Å². The lowest BCUT2D eigenvalue weighted by molar-refractivity contribution is 0.0800. The van der Waals surface area contributed by atoms with Crippen molar-refractivity contribution in [2.75, 3.05) is 19.7 Å². The minimum atomic E-state index is -3.41. The van der Waals surface area contributed by atoms with Gasteiger partial charge in [-0.25, -0.2) is 13.1 Å². The molecule has 5 nitrogen and oxygen atoms in total. The van der Waals surface area contributed by atoms with E-state index in [-0.39, 0.29) is 6.10 Å². The van der Waals surface area contributed by atoms with Crippen LogP contribution in [0, 0.1) is 0 Å². The Morgan fingerprint density at radius 1 is 1.43 bits per heavy atom. The molecule has 1 aromatic rings. The first kappa shape index (κ1) is 16.9. The number of ether oxygens (including phenoxy) is 1. The van der Waals surface area contributed by atoms with Crippen molar-refractivity contribution < 1.29 is 13.2 Å². The molecule has 2 N–H and O–H groups in total. The summed E-state index contributed by atoms with van der Waals surface area (Å²) in [6.07, 6.45) is 3.30. The first-order valence-corrected chi connectivity index (χ1v) is 9.74. The van der Waals surface area contributed by atoms with Gasteiger partial charge in [-0.2, -0.15) is 0 Å². The molecule has 1 atom stereocenters. The summed E-state index contributed by atoms with van der Waals surface area (Å²) < 4.78 is 32.7. The summed E-state index contributed by atoms with van der Waals surface area (Å²) in [5.41, 5.74) is 0. The van der Waals surface area contributed by atoms with E-state index in [0.29, 0.717) is 23.4 Å². The quantitative estimate of drug-likeness (QED) is 0.685. The second-order valence-corrected chi connectivity index (χ2v) is 8.48. The molecule has 120 valence electrons. The smallest absolute Gasteiger partial charge is 0.250 e. The van der Waals surface area contributed by atoms with Gasteiger partial charge in [0.2, 0.25) is 10.0 Å². The van der Waals surface area contributed by atoms with Gasteiger partial charge in [0.05, 0.1) is 6.10 Å². The Bertz CT molecular complexity index is 538. The van der Waals surface area contributed by atoms with Gasteiger partial charge >= 0.3 is 0 Å². The molecule has 1 saturated carbocycles. The van der Waals surface area contributed by atoms with Gasteiger partial charge in [0.15, 0.2) is 0 Å². The Morgan fingerprint density at radius 3 is 2.86 bits per heavy atom. The van der Waals surface area contributed by atoms with E-state index in [9.17, 15) is 8.42 Å². The van der Waals surface area contributed by atoms with Crippen LogP contribution in [0.25, 0.3) is 0 Å². The van der Waals surface area contributed by atoms with E-state index < -0.39 is 10.0 Å². The van der Waals surface area contributed by atoms with Crippen LogP contribution < -0.4 is 10.0 Å². The predicted octanol–water partition coefficient (Wildman–Crippen LogP) is 1.75. The Kier molecular flexibility index (Phi) is 6.19. The summed E-state index contributed by atoms with van der Waals surface area (Å²) in [4.78, 5) is 1.10. The van der Waals surface area contributed by atoms with Crippen LogP contribution in [0.5, 0.6) is 0 Å². The average Bonchev–Trinajstić information content (AvgIpc) is 3.12. The average molecular weight is 332 g/mol. The number of nitrogens with one attached hydrogen (secondary N) is 2. The van der Waals surface area contributed by atoms with E-state index in [1.54, 1.807) is 6.07 Å². The summed E-state index contributed by atoms with van der Waals surface area (Å²) in [7, 11) is -3.41. The standard InChI is InChI=1S/C14H24N2O3S2/c1-3-19-11(2)10-16-21(17,18)14-7-6-13(20-14)8-9-15-12-4-5-12/h6-7,11-12,15-16H,3-5,8-10H2,1-2H3. The van der Waals surface area contributed by atoms with Gasteiger partial charge in [-0.3, -0.25) is 0 Å². The van der Waals surface area contributed by atoms with Crippen molar-refractivity contribution in [1.82, 2.24) is 10.0 Å². The minimum Gasteiger partial charge on any atom is -0.377 e. The zero-order valence-electron chi connectivity index (χ0n) is 12.6. The Balaban J connectivity index is 1.82. The monoisotopic (exact) mass is 332 g/mol. The lowest BCUT2D eigenvalue weighted by Crippen LogP contribution is -2.31. The lowest BCUT2D eigenvalue weighted by atomic mass is 10.3. The fourth-order valence-corrected chi connectivity index (χ4v) is 4.48. The van der Waals surface area contributed by atoms with E-state index >= 15 is 0 Å². The molecule has 0 radical (unpaired) electrons. The van der Waals surface area contributed by atoms with Crippen LogP contribution in [-0.4, -0.2) is 40.3 Å². The molecule has 0 amide bonds. The van der Waals surface area contributed by atoms with Crippen LogP contribution in [0.2, 0.25) is 0 Å². The maximum atomic E-state index is 12.2. The molecule has 1 unspecified atom stereocenters. The van der Waals surface area contributed by atoms with Crippen LogP contribution in [0.15, 0.2) is 16.3 Å². The molecule has 0 bridgehead atoms. The van der Waals surface area contributed by atoms with Crippen molar-refractivity contribution >= 4 is 21.4 Å². The van der Waals surface area contributed by atoms with Crippen LogP contribution in [-0.2, 0) is 21.2 Å². The van der Waals surface area contributed by atoms with Gasteiger partial charge < -0.3 is 10.1 Å². The van der Waals surface area contributed by atoms with Gasteiger partial charge in [-0.1, -0.05) is 0 Å². The van der Waals surface area contributed by atoms with Crippen LogP contribution in [0.4, 0.5) is 0 Å². The van der Waals surface area contributed by atoms with Crippen molar-refractivity contribution in [3.8, 4) is 0 Å². The molecule has 21 heavy (non-hydrogen) atoms. The topological polar surface area (TPSA) is 67.4 Å². The molecule has 0 spiro atoms. The molecule has 2 rings (SSSR count). The van der Waals surface area contributed by atoms with Gasteiger partial charge in [0.25, 0.3) is 0 Å². The predicted molar refractivity (Wildman–Crippen MR) is 85.3 cm³/mol. The fraction of sp³-hybridized carbons (Fsp3) is 0.714. The maximum absolute atomic E-state index is 12.2. The van der Waals surface area contributed by atoms with Crippen LogP contribution in [0.3, 0.4) is 0 Å². The second-order valence-electron chi connectivity index (χ2n) is 5.32. The van der Waals surface area contributed by atoms with Gasteiger partial charge in [0, 0.05) is 30.6 Å². The first-order valence-electron chi connectivity index (χ1n) is 7.44. The van der Waals surface area contributed by atoms with Crippen LogP contribution in [0.1, 0.15) is 31.6 Å². The molecule has 0 aliphatic heterocycles. The minimum absolute atomic E-state index is 0.119. The summed E-state index contributed by atoms with van der Waals surface area (Å²) >= 11 is 1.35. The zero-order valence-corrected chi connectivity index (χ0v) is 14.2. The molecule has 1 heterocycles. The van der Waals surface area contributed by atoms with Gasteiger partial charge in [-0.15, -0.1) is 11.3 Å². The molecule has 1 aromatic heterocycles. The summed E-state index contributed by atoms with van der Waals surface area (Å²) in [6.45, 7) is 5.55. The summed E-state index contributed by atoms with van der Waals surface area (Å²) in [5.74, 6) is 0. The number of sulfonamides is 1. The van der Waals surface area contributed by atoms with E-state index in [4.69, 9.17) is 4.74 Å². The van der Waals surface area contributed by atoms with E-state index in [1.165, 1.54) is 24.2 Å². The van der Waals surface area contributed by atoms with Crippen molar-refractivity contribution in [3.63, 3.8) is 0 Å². The number of thiophene rings is 1. The second kappa shape index (κ2) is 7.69. The molecule has 1 aliphatic rings. The fourth-order valence-electron chi connectivity index (χ4n) is 1.97. The Hall–Kier alpha value is -0.470. The number of rotatable bonds is 10. The number of hydrogen-bond acceptors (Lipinski definition) is 5. The van der Waals surface area contributed by atoms with Gasteiger partial charge in [0.1, 0.15) is 4.21 Å². The SMILES string of the molecule is CCOC(C)CNS(=O)(=O)c1ccc(CCNC2CC2)s1. The zero-order chi connectivity index (χ0) is 15.3. The van der Waals surface area contributed by atoms with Crippen molar-refractivity contribution in [2.45, 2.75) is 49.5 Å². The first-order chi connectivity index (χ1) is 10.0. The maximum Gasteiger partial charge on any atom is 0.250 e. The highest BCUT2D eigenvalue weighted by molar-refractivity contribution is 7.91. The number of hydrogen-bond donors (Lipinski definition) is 2. The molecular weight excluding hydrogens is 308 g/mol. The highest BCUT2D eigenvalue weighted by Gasteiger charge is 2.20. The van der Waals surface area contributed by atoms with Crippen molar-refractivity contribution in [2.24, 2.45) is 0 Å². The molecule has 0 saturated heterocycles. The Labute approximate surface area is 131 Å². The van der Waals surface area contributed by atoms with Crippen LogP contribution >= 0.6 is 11.3 Å².